The molecule has 3 rings (SSSR count). The van der Waals surface area contributed by atoms with Crippen molar-refractivity contribution in [1.82, 2.24) is 9.80 Å². The molecule has 1 unspecified atom stereocenters. The topological polar surface area (TPSA) is 65.7 Å². The fourth-order valence-corrected chi connectivity index (χ4v) is 3.06. The summed E-state index contributed by atoms with van der Waals surface area (Å²) in [6.07, 6.45) is 0. The molecule has 1 fully saturated rings. The number of nitrogens with two attached hydrogens (primary N) is 1. The minimum atomic E-state index is -1.39. The Morgan fingerprint density at radius 3 is 2.58 bits per heavy atom. The molecule has 1 aliphatic rings. The Morgan fingerprint density at radius 1 is 1.31 bits per heavy atom. The lowest BCUT2D eigenvalue weighted by atomic mass is 10.2. The van der Waals surface area contributed by atoms with Crippen molar-refractivity contribution in [2.75, 3.05) is 33.7 Å². The average molecular weight is 398 g/mol. The van der Waals surface area contributed by atoms with Gasteiger partial charge in [-0.1, -0.05) is 18.2 Å². The maximum absolute atomic E-state index is 12.6. The van der Waals surface area contributed by atoms with Gasteiger partial charge in [-0.05, 0) is 50.5 Å². The molecule has 1 aliphatic heterocycles. The molecule has 2 aromatic rings. The van der Waals surface area contributed by atoms with Gasteiger partial charge >= 0.3 is 5.79 Å². The van der Waals surface area contributed by atoms with E-state index in [1.54, 1.807) is 18.2 Å². The first-order valence-corrected chi connectivity index (χ1v) is 8.40. The van der Waals surface area contributed by atoms with Crippen molar-refractivity contribution in [3.63, 3.8) is 0 Å². The van der Waals surface area contributed by atoms with Crippen molar-refractivity contribution in [3.8, 4) is 11.3 Å². The Balaban J connectivity index is 0.00000243. The number of hydrogen-bond acceptors (Lipinski definition) is 5. The number of nitroso groups, excluding NO2 is 1. The van der Waals surface area contributed by atoms with Crippen molar-refractivity contribution in [2.45, 2.75) is 5.79 Å². The summed E-state index contributed by atoms with van der Waals surface area (Å²) in [5, 5.41) is 0.651. The molecule has 0 spiro atoms. The van der Waals surface area contributed by atoms with E-state index in [0.717, 1.165) is 16.9 Å². The Hall–Kier alpha value is -1.86. The first-order chi connectivity index (χ1) is 11.8. The lowest BCUT2D eigenvalue weighted by molar-refractivity contribution is -0.633. The molecule has 2 heterocycles. The van der Waals surface area contributed by atoms with Gasteiger partial charge in [-0.15, -0.1) is 12.4 Å². The summed E-state index contributed by atoms with van der Waals surface area (Å²) in [6.45, 7) is 5.47. The highest BCUT2D eigenvalue weighted by Crippen LogP contribution is 2.36. The molecule has 0 radical (unpaired) electrons. The van der Waals surface area contributed by atoms with E-state index < -0.39 is 5.79 Å². The van der Waals surface area contributed by atoms with Crippen LogP contribution in [-0.4, -0.2) is 48.3 Å². The van der Waals surface area contributed by atoms with Gasteiger partial charge in [0.1, 0.15) is 5.76 Å². The SMILES string of the molecule is C=C1C[N+](=O)C(N)(c2ccc(-c3ccc(Cl)cc3)o2)N1CCN(C)C.Cl. The first kappa shape index (κ1) is 20.5. The summed E-state index contributed by atoms with van der Waals surface area (Å²) in [7, 11) is 3.94. The number of furan rings is 1. The van der Waals surface area contributed by atoms with E-state index >= 15 is 0 Å². The smallest absolute Gasteiger partial charge is 0.402 e. The summed E-state index contributed by atoms with van der Waals surface area (Å²) in [4.78, 5) is 16.4. The van der Waals surface area contributed by atoms with Crippen LogP contribution in [0.4, 0.5) is 0 Å². The van der Waals surface area contributed by atoms with Gasteiger partial charge in [0.25, 0.3) is 0 Å². The normalized spacial score (nSPS) is 20.0. The lowest BCUT2D eigenvalue weighted by Crippen LogP contribution is -2.54. The number of nitrogens with zero attached hydrogens (tertiary/aromatic N) is 3. The highest BCUT2D eigenvalue weighted by atomic mass is 35.5. The molecule has 1 saturated heterocycles. The predicted octanol–water partition coefficient (Wildman–Crippen LogP) is 3.26. The summed E-state index contributed by atoms with van der Waals surface area (Å²) >= 11 is 5.93. The summed E-state index contributed by atoms with van der Waals surface area (Å²) in [6, 6.07) is 10.9. The van der Waals surface area contributed by atoms with Crippen LogP contribution in [0.5, 0.6) is 0 Å². The molecule has 0 aliphatic carbocycles. The molecule has 0 bridgehead atoms. The number of halogens is 2. The van der Waals surface area contributed by atoms with Crippen molar-refractivity contribution in [1.29, 1.82) is 0 Å². The van der Waals surface area contributed by atoms with Crippen molar-refractivity contribution in [2.24, 2.45) is 5.73 Å². The zero-order valence-electron chi connectivity index (χ0n) is 14.8. The van der Waals surface area contributed by atoms with Crippen LogP contribution in [0.15, 0.2) is 53.1 Å². The highest BCUT2D eigenvalue weighted by Gasteiger charge is 2.58. The van der Waals surface area contributed by atoms with Crippen molar-refractivity contribution in [3.05, 3.63) is 64.4 Å². The van der Waals surface area contributed by atoms with Crippen molar-refractivity contribution < 1.29 is 9.18 Å². The molecular weight excluding hydrogens is 375 g/mol. The summed E-state index contributed by atoms with van der Waals surface area (Å²) in [5.74, 6) is -0.363. The van der Waals surface area contributed by atoms with Crippen LogP contribution >= 0.6 is 24.0 Å². The second kappa shape index (κ2) is 7.80. The molecule has 8 heteroatoms. The molecule has 1 atom stereocenters. The second-order valence-electron chi connectivity index (χ2n) is 6.45. The molecule has 2 N–H and O–H groups in total. The van der Waals surface area contributed by atoms with E-state index in [2.05, 4.69) is 6.58 Å². The van der Waals surface area contributed by atoms with Crippen LogP contribution in [-0.2, 0) is 5.79 Å². The Morgan fingerprint density at radius 2 is 1.96 bits per heavy atom. The van der Waals surface area contributed by atoms with E-state index in [9.17, 15) is 4.91 Å². The average Bonchev–Trinajstić information content (AvgIpc) is 3.12. The third-order valence-electron chi connectivity index (χ3n) is 4.37. The number of hydrogen-bond donors (Lipinski definition) is 1. The van der Waals surface area contributed by atoms with E-state index in [1.807, 2.05) is 42.1 Å². The van der Waals surface area contributed by atoms with E-state index in [0.29, 0.717) is 28.8 Å². The van der Waals surface area contributed by atoms with E-state index in [-0.39, 0.29) is 19.0 Å². The number of rotatable bonds is 5. The van der Waals surface area contributed by atoms with Gasteiger partial charge in [-0.2, -0.15) is 0 Å². The van der Waals surface area contributed by atoms with Crippen LogP contribution in [0.3, 0.4) is 0 Å². The fourth-order valence-electron chi connectivity index (χ4n) is 2.94. The highest BCUT2D eigenvalue weighted by molar-refractivity contribution is 6.30. The molecule has 0 amide bonds. The van der Waals surface area contributed by atoms with E-state index in [4.69, 9.17) is 21.8 Å². The standard InChI is InChI=1S/C18H22ClN4O2.ClH/c1-13-12-23(24)18(20,22(13)11-10-21(2)3)17-9-8-16(25-17)14-4-6-15(19)7-5-14;/h4-9H,1,10-12,20H2,2-3H3;1H/q+1;. The minimum absolute atomic E-state index is 0. The summed E-state index contributed by atoms with van der Waals surface area (Å²) in [5.41, 5.74) is 8.06. The summed E-state index contributed by atoms with van der Waals surface area (Å²) < 4.78 is 6.76. The van der Waals surface area contributed by atoms with Crippen LogP contribution < -0.4 is 5.73 Å². The zero-order chi connectivity index (χ0) is 18.2. The van der Waals surface area contributed by atoms with Gasteiger partial charge in [-0.25, -0.2) is 5.73 Å². The number of likely N-dealkylation sites (N-methyl/N-ethyl adjacent to an activating group) is 1. The molecular formula is C18H23Cl2N4O2+. The van der Waals surface area contributed by atoms with Gasteiger partial charge in [-0.3, -0.25) is 4.90 Å². The molecule has 1 aromatic heterocycles. The number of benzene rings is 1. The van der Waals surface area contributed by atoms with Crippen LogP contribution in [0, 0.1) is 4.91 Å². The maximum Gasteiger partial charge on any atom is 0.402 e. The van der Waals surface area contributed by atoms with Gasteiger partial charge in [0.2, 0.25) is 12.3 Å². The molecule has 140 valence electrons. The van der Waals surface area contributed by atoms with Crippen LogP contribution in [0.2, 0.25) is 5.02 Å². The molecule has 0 saturated carbocycles. The molecule has 1 aromatic carbocycles. The molecule has 26 heavy (non-hydrogen) atoms. The second-order valence-corrected chi connectivity index (χ2v) is 6.89. The minimum Gasteiger partial charge on any atom is -0.450 e. The van der Waals surface area contributed by atoms with Gasteiger partial charge in [0, 0.05) is 28.6 Å². The van der Waals surface area contributed by atoms with Gasteiger partial charge < -0.3 is 9.32 Å². The van der Waals surface area contributed by atoms with Gasteiger partial charge in [0.05, 0.1) is 10.5 Å². The monoisotopic (exact) mass is 397 g/mol. The maximum atomic E-state index is 12.6. The van der Waals surface area contributed by atoms with Crippen LogP contribution in [0.25, 0.3) is 11.3 Å². The van der Waals surface area contributed by atoms with Crippen LogP contribution in [0.1, 0.15) is 5.76 Å². The molecule has 6 nitrogen and oxygen atoms in total. The Labute approximate surface area is 164 Å². The van der Waals surface area contributed by atoms with Gasteiger partial charge in [0.15, 0.2) is 0 Å². The third kappa shape index (κ3) is 3.64. The largest absolute Gasteiger partial charge is 0.450 e. The fraction of sp³-hybridized carbons (Fsp3) is 0.333. The van der Waals surface area contributed by atoms with E-state index in [1.165, 1.54) is 0 Å². The zero-order valence-corrected chi connectivity index (χ0v) is 16.4. The Kier molecular flexibility index (Phi) is 6.13. The first-order valence-electron chi connectivity index (χ1n) is 8.02. The third-order valence-corrected chi connectivity index (χ3v) is 4.62. The predicted molar refractivity (Wildman–Crippen MR) is 105 cm³/mol. The quantitative estimate of drug-likeness (QED) is 0.784. The Bertz CT molecular complexity index is 804. The lowest BCUT2D eigenvalue weighted by Gasteiger charge is -2.27. The van der Waals surface area contributed by atoms with Crippen molar-refractivity contribution >= 4 is 24.0 Å².